The van der Waals surface area contributed by atoms with E-state index in [0.717, 1.165) is 100 Å². The molecule has 0 amide bonds. The van der Waals surface area contributed by atoms with Gasteiger partial charge in [-0.2, -0.15) is 26.3 Å². The van der Waals surface area contributed by atoms with Crippen LogP contribution in [0.3, 0.4) is 0 Å². The molecule has 11 aromatic carbocycles. The Labute approximate surface area is 437 Å². The first-order chi connectivity index (χ1) is 34.8. The van der Waals surface area contributed by atoms with E-state index in [0.29, 0.717) is 34.7 Å². The molecule has 0 atom stereocenters. The van der Waals surface area contributed by atoms with Gasteiger partial charge in [0.2, 0.25) is 0 Å². The van der Waals surface area contributed by atoms with E-state index >= 15 is 0 Å². The van der Waals surface area contributed by atoms with Crippen molar-refractivity contribution in [2.75, 3.05) is 7.05 Å². The Balaban J connectivity index is 0.00000574. The first-order valence-electron chi connectivity index (χ1n) is 23.9. The fourth-order valence-electron chi connectivity index (χ4n) is 11.1. The molecule has 360 valence electrons. The maximum absolute atomic E-state index is 14.0. The Bertz CT molecular complexity index is 3670. The van der Waals surface area contributed by atoms with Gasteiger partial charge in [-0.3, -0.25) is 0 Å². The van der Waals surface area contributed by atoms with Crippen LogP contribution in [-0.4, -0.2) is 11.5 Å². The minimum absolute atomic E-state index is 0. The Kier molecular flexibility index (Phi) is 12.5. The minimum Gasteiger partial charge on any atom is -0.315 e. The summed E-state index contributed by atoms with van der Waals surface area (Å²) in [6, 6.07) is 70.5. The molecule has 1 aliphatic heterocycles. The minimum atomic E-state index is -4.56. The van der Waals surface area contributed by atoms with Crippen molar-refractivity contribution in [3.05, 3.63) is 246 Å². The molecule has 0 radical (unpaired) electrons. The van der Waals surface area contributed by atoms with Crippen LogP contribution in [0.4, 0.5) is 26.3 Å². The summed E-state index contributed by atoms with van der Waals surface area (Å²) in [6.45, 7) is 1.72. The number of halogens is 7. The van der Waals surface area contributed by atoms with Crippen LogP contribution in [0.25, 0.3) is 76.5 Å². The molecule has 0 spiro atoms. The van der Waals surface area contributed by atoms with Crippen molar-refractivity contribution in [3.8, 4) is 33.4 Å². The smallest absolute Gasteiger partial charge is 0.315 e. The van der Waals surface area contributed by atoms with Gasteiger partial charge in [0, 0.05) is 27.8 Å². The summed E-state index contributed by atoms with van der Waals surface area (Å²) in [6.07, 6.45) is -9.11. The molecule has 12 rings (SSSR count). The summed E-state index contributed by atoms with van der Waals surface area (Å²) in [4.78, 5) is 0. The quantitative estimate of drug-likeness (QED) is 0.0646. The van der Waals surface area contributed by atoms with Gasteiger partial charge in [-0.15, -0.1) is 24.0 Å². The molecule has 0 aliphatic carbocycles. The molecule has 0 saturated carbocycles. The number of hydrogen-bond acceptors (Lipinski definition) is 0. The van der Waals surface area contributed by atoms with Crippen LogP contribution in [0.5, 0.6) is 0 Å². The SMILES string of the molecule is C[N+]1(Cc2ccccc2P(c2ccc(C(F)(F)F)cc2)c2ccc(C(F)(F)F)cc2)Cc2c(-c3ccc4ccccc4c3)cc3ccccc3c2-c2c(c(-c3ccc4ccccc4c3)cc3ccccc23)C1.I. The zero-order chi connectivity index (χ0) is 49.4. The first kappa shape index (κ1) is 48.4. The van der Waals surface area contributed by atoms with Crippen molar-refractivity contribution in [2.24, 2.45) is 0 Å². The molecule has 1 heterocycles. The van der Waals surface area contributed by atoms with Gasteiger partial charge in [0.15, 0.2) is 0 Å². The van der Waals surface area contributed by atoms with Gasteiger partial charge in [0.05, 0.1) is 18.2 Å². The second-order valence-corrected chi connectivity index (χ2v) is 21.5. The lowest BCUT2D eigenvalue weighted by Gasteiger charge is -2.36. The monoisotopic (exact) mass is 1100 g/mol. The second-order valence-electron chi connectivity index (χ2n) is 19.3. The average molecular weight is 1100 g/mol. The number of alkyl halides is 6. The van der Waals surface area contributed by atoms with Gasteiger partial charge in [-0.25, -0.2) is 0 Å². The summed E-state index contributed by atoms with van der Waals surface area (Å²) in [7, 11) is 0.664. The highest BCUT2D eigenvalue weighted by molar-refractivity contribution is 14.0. The molecule has 0 aromatic heterocycles. The van der Waals surface area contributed by atoms with E-state index in [1.54, 1.807) is 0 Å². The predicted octanol–water partition coefficient (Wildman–Crippen LogP) is 17.4. The Morgan fingerprint density at radius 1 is 0.411 bits per heavy atom. The molecule has 73 heavy (non-hydrogen) atoms. The predicted molar refractivity (Wildman–Crippen MR) is 301 cm³/mol. The Hall–Kier alpha value is -6.84. The largest absolute Gasteiger partial charge is 0.416 e. The van der Waals surface area contributed by atoms with E-state index in [1.165, 1.54) is 46.5 Å². The molecular formula is C64H46F6INP+. The van der Waals surface area contributed by atoms with Crippen LogP contribution in [0.15, 0.2) is 218 Å². The lowest BCUT2D eigenvalue weighted by atomic mass is 9.82. The van der Waals surface area contributed by atoms with E-state index in [1.807, 2.05) is 18.2 Å². The van der Waals surface area contributed by atoms with Crippen molar-refractivity contribution in [3.63, 3.8) is 0 Å². The van der Waals surface area contributed by atoms with Crippen molar-refractivity contribution >= 4 is 90.9 Å². The van der Waals surface area contributed by atoms with Crippen LogP contribution in [0, 0.1) is 0 Å². The molecule has 0 fully saturated rings. The molecule has 1 aliphatic rings. The van der Waals surface area contributed by atoms with Crippen LogP contribution in [0.1, 0.15) is 27.8 Å². The van der Waals surface area contributed by atoms with Crippen LogP contribution >= 0.6 is 31.9 Å². The van der Waals surface area contributed by atoms with E-state index in [9.17, 15) is 26.3 Å². The molecule has 1 nitrogen and oxygen atoms in total. The summed E-state index contributed by atoms with van der Waals surface area (Å²) < 4.78 is 84.6. The van der Waals surface area contributed by atoms with Crippen molar-refractivity contribution < 1.29 is 30.8 Å². The van der Waals surface area contributed by atoms with Crippen LogP contribution in [0.2, 0.25) is 0 Å². The van der Waals surface area contributed by atoms with E-state index < -0.39 is 31.4 Å². The maximum atomic E-state index is 14.0. The zero-order valence-corrected chi connectivity index (χ0v) is 42.7. The topological polar surface area (TPSA) is 0 Å². The summed E-state index contributed by atoms with van der Waals surface area (Å²) in [5.74, 6) is 0. The third kappa shape index (κ3) is 9.08. The number of quaternary nitrogens is 1. The highest BCUT2D eigenvalue weighted by Gasteiger charge is 2.38. The van der Waals surface area contributed by atoms with Crippen molar-refractivity contribution in [2.45, 2.75) is 32.0 Å². The third-order valence-electron chi connectivity index (χ3n) is 14.5. The Morgan fingerprint density at radius 3 is 1.23 bits per heavy atom. The normalized spacial score (nSPS) is 13.5. The highest BCUT2D eigenvalue weighted by Crippen LogP contribution is 2.51. The second kappa shape index (κ2) is 18.9. The molecule has 0 bridgehead atoms. The van der Waals surface area contributed by atoms with Gasteiger partial charge in [-0.1, -0.05) is 170 Å². The molecule has 0 unspecified atom stereocenters. The number of rotatable bonds is 7. The zero-order valence-electron chi connectivity index (χ0n) is 39.5. The molecule has 0 saturated heterocycles. The lowest BCUT2D eigenvalue weighted by Crippen LogP contribution is -2.43. The standard InChI is InChI=1S/C64H45F6NP.HI/c1-71(38-49-18-8-11-21-60(49)72(52-30-26-50(27-31-52)63(65,66)67)53-32-28-51(29-33-53)64(68,69)70)39-58-56(47-24-22-41-12-2-4-14-43(41)34-47)36-45-16-6-9-19-54(45)61(58)62-55-20-10-7-17-46(55)37-57(59(62)40-71)48-25-23-42-13-3-5-15-44(42)35-48;/h2-37H,38-40H2,1H3;1H/q+1;. The fraction of sp³-hybridized carbons (Fsp3) is 0.0938. The molecule has 11 aromatic rings. The van der Waals surface area contributed by atoms with Crippen LogP contribution in [-0.2, 0) is 32.0 Å². The maximum Gasteiger partial charge on any atom is 0.416 e. The summed E-state index contributed by atoms with van der Waals surface area (Å²) >= 11 is 0. The number of fused-ring (bicyclic) bond motifs is 9. The number of hydrogen-bond donors (Lipinski definition) is 0. The van der Waals surface area contributed by atoms with Crippen LogP contribution < -0.4 is 15.9 Å². The average Bonchev–Trinajstić information content (AvgIpc) is 3.52. The summed E-state index contributed by atoms with van der Waals surface area (Å²) in [5, 5.41) is 11.2. The highest BCUT2D eigenvalue weighted by atomic mass is 127. The molecular weight excluding hydrogens is 1050 g/mol. The van der Waals surface area contributed by atoms with E-state index in [4.69, 9.17) is 0 Å². The van der Waals surface area contributed by atoms with Gasteiger partial charge >= 0.3 is 12.4 Å². The van der Waals surface area contributed by atoms with Crippen molar-refractivity contribution in [1.29, 1.82) is 0 Å². The van der Waals surface area contributed by atoms with E-state index in [-0.39, 0.29) is 24.0 Å². The van der Waals surface area contributed by atoms with Gasteiger partial charge in [0.1, 0.15) is 19.6 Å². The van der Waals surface area contributed by atoms with Gasteiger partial charge in [0.25, 0.3) is 0 Å². The fourth-order valence-corrected chi connectivity index (χ4v) is 13.6. The molecule has 9 heteroatoms. The first-order valence-corrected chi connectivity index (χ1v) is 25.3. The van der Waals surface area contributed by atoms with Crippen molar-refractivity contribution in [1.82, 2.24) is 0 Å². The Morgan fingerprint density at radius 2 is 0.795 bits per heavy atom. The number of benzene rings is 11. The number of nitrogens with zero attached hydrogens (tertiary/aromatic N) is 1. The van der Waals surface area contributed by atoms with Gasteiger partial charge < -0.3 is 4.48 Å². The lowest BCUT2D eigenvalue weighted by molar-refractivity contribution is -0.947. The van der Waals surface area contributed by atoms with Gasteiger partial charge in [-0.05, 0) is 138 Å². The summed E-state index contributed by atoms with van der Waals surface area (Å²) in [5.41, 5.74) is 8.67. The third-order valence-corrected chi connectivity index (χ3v) is 17.0. The molecule has 0 N–H and O–H groups in total. The van der Waals surface area contributed by atoms with E-state index in [2.05, 4.69) is 159 Å².